The molecule has 1 aromatic heterocycles. The summed E-state index contributed by atoms with van der Waals surface area (Å²) in [5.74, 6) is -1.61. The summed E-state index contributed by atoms with van der Waals surface area (Å²) in [6.45, 7) is 3.98. The van der Waals surface area contributed by atoms with Gasteiger partial charge in [0, 0.05) is 6.20 Å². The molecule has 0 fully saturated rings. The second-order valence-electron chi connectivity index (χ2n) is 3.23. The quantitative estimate of drug-likeness (QED) is 0.599. The summed E-state index contributed by atoms with van der Waals surface area (Å²) in [5.41, 5.74) is 1.74. The molecule has 1 amide bonds. The van der Waals surface area contributed by atoms with E-state index in [9.17, 15) is 9.59 Å². The van der Waals surface area contributed by atoms with Crippen molar-refractivity contribution in [3.8, 4) is 0 Å². The molecule has 0 atom stereocenters. The first kappa shape index (κ1) is 12.2. The van der Waals surface area contributed by atoms with Crippen LogP contribution in [0.25, 0.3) is 0 Å². The van der Waals surface area contributed by atoms with Crippen LogP contribution in [0.15, 0.2) is 18.3 Å². The van der Waals surface area contributed by atoms with Gasteiger partial charge in [0.25, 0.3) is 0 Å². The predicted octanol–water partition coefficient (Wildman–Crippen LogP) is 0.569. The Balaban J connectivity index is 2.42. The fourth-order valence-corrected chi connectivity index (χ4v) is 1.04. The van der Waals surface area contributed by atoms with E-state index in [0.717, 1.165) is 5.56 Å². The number of pyridine rings is 1. The molecule has 1 aromatic rings. The van der Waals surface area contributed by atoms with E-state index in [0.29, 0.717) is 5.69 Å². The van der Waals surface area contributed by atoms with Crippen molar-refractivity contribution in [2.45, 2.75) is 20.4 Å². The molecule has 0 aliphatic carbocycles. The van der Waals surface area contributed by atoms with E-state index < -0.39 is 11.9 Å². The maximum absolute atomic E-state index is 11.2. The molecule has 0 aliphatic rings. The van der Waals surface area contributed by atoms with Crippen LogP contribution < -0.4 is 5.32 Å². The first-order valence-corrected chi connectivity index (χ1v) is 5.00. The van der Waals surface area contributed by atoms with Gasteiger partial charge in [-0.1, -0.05) is 6.07 Å². The minimum atomic E-state index is -0.866. The lowest BCUT2D eigenvalue weighted by atomic mass is 10.3. The molecule has 0 saturated heterocycles. The van der Waals surface area contributed by atoms with Gasteiger partial charge in [0.15, 0.2) is 0 Å². The van der Waals surface area contributed by atoms with Crippen LogP contribution in [0.3, 0.4) is 0 Å². The number of carbonyl (C=O) groups excluding carboxylic acids is 2. The van der Waals surface area contributed by atoms with E-state index in [1.54, 1.807) is 19.2 Å². The molecule has 0 spiro atoms. The zero-order chi connectivity index (χ0) is 12.0. The van der Waals surface area contributed by atoms with Gasteiger partial charge in [-0.2, -0.15) is 0 Å². The summed E-state index contributed by atoms with van der Waals surface area (Å²) in [4.78, 5) is 26.2. The van der Waals surface area contributed by atoms with Crippen LogP contribution in [0.4, 0.5) is 0 Å². The van der Waals surface area contributed by atoms with E-state index in [1.165, 1.54) is 0 Å². The Morgan fingerprint density at radius 1 is 1.44 bits per heavy atom. The van der Waals surface area contributed by atoms with Gasteiger partial charge in [0.1, 0.15) is 0 Å². The molecule has 0 bridgehead atoms. The highest BCUT2D eigenvalue weighted by Gasteiger charge is 2.13. The topological polar surface area (TPSA) is 68.3 Å². The smallest absolute Gasteiger partial charge is 0.396 e. The van der Waals surface area contributed by atoms with Crippen molar-refractivity contribution in [2.75, 3.05) is 6.61 Å². The van der Waals surface area contributed by atoms with Gasteiger partial charge in [-0.25, -0.2) is 4.79 Å². The molecule has 1 N–H and O–H groups in total. The number of hydrogen-bond acceptors (Lipinski definition) is 4. The predicted molar refractivity (Wildman–Crippen MR) is 57.5 cm³/mol. The molecule has 86 valence electrons. The molecule has 1 heterocycles. The maximum Gasteiger partial charge on any atom is 0.396 e. The van der Waals surface area contributed by atoms with Crippen molar-refractivity contribution in [2.24, 2.45) is 0 Å². The fourth-order valence-electron chi connectivity index (χ4n) is 1.04. The molecule has 0 saturated carbocycles. The Bertz CT molecular complexity index is 373. The summed E-state index contributed by atoms with van der Waals surface area (Å²) < 4.78 is 4.54. The number of amides is 1. The highest BCUT2D eigenvalue weighted by atomic mass is 16.5. The minimum absolute atomic E-state index is 0.190. The lowest BCUT2D eigenvalue weighted by Crippen LogP contribution is -2.32. The normalized spacial score (nSPS) is 9.62. The molecule has 0 radical (unpaired) electrons. The number of aryl methyl sites for hydroxylation is 1. The van der Waals surface area contributed by atoms with Gasteiger partial charge in [-0.05, 0) is 25.5 Å². The monoisotopic (exact) mass is 222 g/mol. The maximum atomic E-state index is 11.2. The molecular formula is C11H14N2O3. The molecule has 0 aromatic carbocycles. The summed E-state index contributed by atoms with van der Waals surface area (Å²) in [5, 5.41) is 2.43. The van der Waals surface area contributed by atoms with Crippen molar-refractivity contribution in [3.63, 3.8) is 0 Å². The van der Waals surface area contributed by atoms with Crippen LogP contribution in [0.5, 0.6) is 0 Å². The Labute approximate surface area is 93.8 Å². The van der Waals surface area contributed by atoms with Crippen molar-refractivity contribution < 1.29 is 14.3 Å². The van der Waals surface area contributed by atoms with Gasteiger partial charge < -0.3 is 10.1 Å². The molecule has 5 heteroatoms. The van der Waals surface area contributed by atoms with Gasteiger partial charge in [-0.3, -0.25) is 9.78 Å². The minimum Gasteiger partial charge on any atom is -0.459 e. The fraction of sp³-hybridized carbons (Fsp3) is 0.364. The Morgan fingerprint density at radius 3 is 2.75 bits per heavy atom. The Morgan fingerprint density at radius 2 is 2.19 bits per heavy atom. The van der Waals surface area contributed by atoms with Crippen LogP contribution in [0, 0.1) is 6.92 Å². The number of aromatic nitrogens is 1. The number of hydrogen-bond donors (Lipinski definition) is 1. The van der Waals surface area contributed by atoms with E-state index in [1.807, 2.05) is 13.0 Å². The van der Waals surface area contributed by atoms with Crippen LogP contribution in [0.1, 0.15) is 18.2 Å². The highest BCUT2D eigenvalue weighted by molar-refractivity contribution is 6.32. The number of nitrogens with zero attached hydrogens (tertiary/aromatic N) is 1. The summed E-state index contributed by atoms with van der Waals surface area (Å²) in [6.07, 6.45) is 1.70. The lowest BCUT2D eigenvalue weighted by Gasteiger charge is -2.04. The average Bonchev–Trinajstić information content (AvgIpc) is 2.28. The summed E-state index contributed by atoms with van der Waals surface area (Å²) in [7, 11) is 0. The molecule has 5 nitrogen and oxygen atoms in total. The zero-order valence-electron chi connectivity index (χ0n) is 9.32. The third kappa shape index (κ3) is 3.68. The number of rotatable bonds is 3. The van der Waals surface area contributed by atoms with E-state index >= 15 is 0 Å². The molecule has 0 unspecified atom stereocenters. The van der Waals surface area contributed by atoms with Crippen LogP contribution in [0.2, 0.25) is 0 Å². The summed E-state index contributed by atoms with van der Waals surface area (Å²) >= 11 is 0. The average molecular weight is 222 g/mol. The second-order valence-corrected chi connectivity index (χ2v) is 3.23. The second kappa shape index (κ2) is 5.85. The third-order valence-corrected chi connectivity index (χ3v) is 1.86. The van der Waals surface area contributed by atoms with Crippen molar-refractivity contribution >= 4 is 11.9 Å². The van der Waals surface area contributed by atoms with Gasteiger partial charge in [-0.15, -0.1) is 0 Å². The first-order valence-electron chi connectivity index (χ1n) is 5.00. The summed E-state index contributed by atoms with van der Waals surface area (Å²) in [6, 6.07) is 3.68. The third-order valence-electron chi connectivity index (χ3n) is 1.86. The van der Waals surface area contributed by atoms with Crippen molar-refractivity contribution in [3.05, 3.63) is 29.6 Å². The van der Waals surface area contributed by atoms with Crippen molar-refractivity contribution in [1.82, 2.24) is 10.3 Å². The zero-order valence-corrected chi connectivity index (χ0v) is 9.32. The van der Waals surface area contributed by atoms with Gasteiger partial charge in [0.2, 0.25) is 0 Å². The van der Waals surface area contributed by atoms with Crippen LogP contribution >= 0.6 is 0 Å². The van der Waals surface area contributed by atoms with Gasteiger partial charge in [0.05, 0.1) is 18.8 Å². The first-order chi connectivity index (χ1) is 7.63. The standard InChI is InChI=1S/C11H14N2O3/c1-3-16-11(15)10(14)13-7-9-5-4-8(2)6-12-9/h4-6H,3,7H2,1-2H3,(H,13,14). The van der Waals surface area contributed by atoms with Crippen LogP contribution in [-0.4, -0.2) is 23.5 Å². The lowest BCUT2D eigenvalue weighted by molar-refractivity contribution is -0.154. The number of ether oxygens (including phenoxy) is 1. The number of carbonyl (C=O) groups is 2. The Hall–Kier alpha value is -1.91. The molecule has 1 rings (SSSR count). The van der Waals surface area contributed by atoms with Crippen LogP contribution in [-0.2, 0) is 20.9 Å². The van der Waals surface area contributed by atoms with E-state index in [-0.39, 0.29) is 13.2 Å². The molecule has 16 heavy (non-hydrogen) atoms. The largest absolute Gasteiger partial charge is 0.459 e. The molecular weight excluding hydrogens is 208 g/mol. The van der Waals surface area contributed by atoms with Crippen molar-refractivity contribution in [1.29, 1.82) is 0 Å². The van der Waals surface area contributed by atoms with E-state index in [4.69, 9.17) is 0 Å². The highest BCUT2D eigenvalue weighted by Crippen LogP contribution is 1.97. The molecule has 0 aliphatic heterocycles. The number of nitrogens with one attached hydrogen (secondary N) is 1. The van der Waals surface area contributed by atoms with Gasteiger partial charge >= 0.3 is 11.9 Å². The van der Waals surface area contributed by atoms with E-state index in [2.05, 4.69) is 15.0 Å². The number of esters is 1. The SMILES string of the molecule is CCOC(=O)C(=O)NCc1ccc(C)cn1. The Kier molecular flexibility index (Phi) is 4.44.